The Hall–Kier alpha value is -2.85. The molecule has 10 heteroatoms. The number of sulfonamides is 1. The van der Waals surface area contributed by atoms with Gasteiger partial charge >= 0.3 is 0 Å². The van der Waals surface area contributed by atoms with Gasteiger partial charge < -0.3 is 5.32 Å². The molecule has 1 aliphatic rings. The van der Waals surface area contributed by atoms with Gasteiger partial charge in [-0.2, -0.15) is 4.31 Å². The number of nitrogens with zero attached hydrogens (tertiary/aromatic N) is 2. The van der Waals surface area contributed by atoms with Crippen molar-refractivity contribution in [1.29, 1.82) is 0 Å². The summed E-state index contributed by atoms with van der Waals surface area (Å²) in [7, 11) is -3.76. The number of carbonyl (C=O) groups excluding carboxylic acids is 1. The SMILES string of the molecule is O=C(NC1CCN(S(=O)(=O)c2ccc([N+](=O)[O-])cc2)CC1)c1ccc(F)cc1. The Labute approximate surface area is 161 Å². The summed E-state index contributed by atoms with van der Waals surface area (Å²) in [5.74, 6) is -0.766. The summed E-state index contributed by atoms with van der Waals surface area (Å²) in [5.41, 5.74) is 0.156. The van der Waals surface area contributed by atoms with Crippen molar-refractivity contribution in [3.63, 3.8) is 0 Å². The minimum absolute atomic E-state index is 0.00750. The van der Waals surface area contributed by atoms with Crippen LogP contribution in [0.15, 0.2) is 53.4 Å². The molecule has 148 valence electrons. The summed E-state index contributed by atoms with van der Waals surface area (Å²) in [5, 5.41) is 13.5. The van der Waals surface area contributed by atoms with Crippen LogP contribution < -0.4 is 5.32 Å². The minimum atomic E-state index is -3.76. The molecule has 8 nitrogen and oxygen atoms in total. The van der Waals surface area contributed by atoms with Gasteiger partial charge in [-0.05, 0) is 49.2 Å². The second-order valence-corrected chi connectivity index (χ2v) is 8.35. The molecule has 2 aromatic carbocycles. The third-order valence-corrected chi connectivity index (χ3v) is 6.49. The molecular formula is C18H18FN3O5S. The second-order valence-electron chi connectivity index (χ2n) is 6.41. The first-order chi connectivity index (χ1) is 13.3. The van der Waals surface area contributed by atoms with E-state index < -0.39 is 20.8 Å². The van der Waals surface area contributed by atoms with E-state index in [-0.39, 0.29) is 35.6 Å². The fourth-order valence-electron chi connectivity index (χ4n) is 3.00. The van der Waals surface area contributed by atoms with E-state index in [1.54, 1.807) is 0 Å². The Kier molecular flexibility index (Phi) is 5.71. The average Bonchev–Trinajstić information content (AvgIpc) is 2.69. The zero-order chi connectivity index (χ0) is 20.3. The van der Waals surface area contributed by atoms with Crippen LogP contribution in [0.5, 0.6) is 0 Å². The Morgan fingerprint density at radius 3 is 2.18 bits per heavy atom. The third kappa shape index (κ3) is 4.34. The van der Waals surface area contributed by atoms with Gasteiger partial charge in [0.15, 0.2) is 0 Å². The predicted octanol–water partition coefficient (Wildman–Crippen LogP) is 2.32. The van der Waals surface area contributed by atoms with Crippen LogP contribution in [0.4, 0.5) is 10.1 Å². The Balaban J connectivity index is 1.60. The van der Waals surface area contributed by atoms with Crippen molar-refractivity contribution in [2.45, 2.75) is 23.8 Å². The number of piperidine rings is 1. The minimum Gasteiger partial charge on any atom is -0.349 e. The molecule has 0 aliphatic carbocycles. The maximum Gasteiger partial charge on any atom is 0.269 e. The lowest BCUT2D eigenvalue weighted by molar-refractivity contribution is -0.384. The predicted molar refractivity (Wildman–Crippen MR) is 98.7 cm³/mol. The summed E-state index contributed by atoms with van der Waals surface area (Å²) >= 11 is 0. The molecular weight excluding hydrogens is 389 g/mol. The summed E-state index contributed by atoms with van der Waals surface area (Å²) in [6.45, 7) is 0.432. The van der Waals surface area contributed by atoms with Gasteiger partial charge in [-0.1, -0.05) is 0 Å². The van der Waals surface area contributed by atoms with Gasteiger partial charge in [-0.15, -0.1) is 0 Å². The highest BCUT2D eigenvalue weighted by Gasteiger charge is 2.30. The van der Waals surface area contributed by atoms with E-state index in [0.717, 1.165) is 12.1 Å². The van der Waals surface area contributed by atoms with Crippen molar-refractivity contribution < 1.29 is 22.5 Å². The number of nitrogens with one attached hydrogen (secondary N) is 1. The van der Waals surface area contributed by atoms with Crippen LogP contribution in [-0.2, 0) is 10.0 Å². The maximum absolute atomic E-state index is 12.9. The molecule has 0 spiro atoms. The number of non-ortho nitro benzene ring substituents is 1. The molecule has 1 N–H and O–H groups in total. The van der Waals surface area contributed by atoms with Crippen molar-refractivity contribution in [3.8, 4) is 0 Å². The van der Waals surface area contributed by atoms with E-state index in [9.17, 15) is 27.7 Å². The molecule has 0 bridgehead atoms. The van der Waals surface area contributed by atoms with Gasteiger partial charge in [0.05, 0.1) is 9.82 Å². The highest BCUT2D eigenvalue weighted by Crippen LogP contribution is 2.23. The summed E-state index contributed by atoms with van der Waals surface area (Å²) < 4.78 is 39.6. The van der Waals surface area contributed by atoms with Gasteiger partial charge in [-0.3, -0.25) is 14.9 Å². The number of nitro benzene ring substituents is 1. The zero-order valence-electron chi connectivity index (χ0n) is 14.7. The molecule has 1 aliphatic heterocycles. The number of halogens is 1. The molecule has 0 radical (unpaired) electrons. The quantitative estimate of drug-likeness (QED) is 0.604. The highest BCUT2D eigenvalue weighted by molar-refractivity contribution is 7.89. The van der Waals surface area contributed by atoms with E-state index in [0.29, 0.717) is 18.4 Å². The van der Waals surface area contributed by atoms with E-state index in [1.807, 2.05) is 0 Å². The van der Waals surface area contributed by atoms with E-state index in [4.69, 9.17) is 0 Å². The van der Waals surface area contributed by atoms with Gasteiger partial charge in [0.1, 0.15) is 5.82 Å². The molecule has 28 heavy (non-hydrogen) atoms. The molecule has 1 heterocycles. The van der Waals surface area contributed by atoms with Crippen LogP contribution >= 0.6 is 0 Å². The van der Waals surface area contributed by atoms with Crippen molar-refractivity contribution >= 4 is 21.6 Å². The van der Waals surface area contributed by atoms with Gasteiger partial charge in [0, 0.05) is 36.8 Å². The average molecular weight is 407 g/mol. The zero-order valence-corrected chi connectivity index (χ0v) is 15.6. The monoisotopic (exact) mass is 407 g/mol. The number of nitro groups is 1. The number of benzene rings is 2. The number of hydrogen-bond acceptors (Lipinski definition) is 5. The topological polar surface area (TPSA) is 110 Å². The number of amides is 1. The molecule has 2 aromatic rings. The largest absolute Gasteiger partial charge is 0.349 e. The van der Waals surface area contributed by atoms with Crippen LogP contribution in [0.3, 0.4) is 0 Å². The van der Waals surface area contributed by atoms with Crippen molar-refractivity contribution in [2.75, 3.05) is 13.1 Å². The van der Waals surface area contributed by atoms with Crippen LogP contribution in [0.1, 0.15) is 23.2 Å². The molecule has 0 aromatic heterocycles. The normalized spacial score (nSPS) is 15.9. The molecule has 0 atom stereocenters. The first kappa shape index (κ1) is 19.9. The second kappa shape index (κ2) is 8.03. The summed E-state index contributed by atoms with van der Waals surface area (Å²) in [6, 6.07) is 9.73. The molecule has 1 amide bonds. The standard InChI is InChI=1S/C18H18FN3O5S/c19-14-3-1-13(2-4-14)18(23)20-15-9-11-21(12-10-15)28(26,27)17-7-5-16(6-8-17)22(24)25/h1-8,15H,9-12H2,(H,20,23). The summed E-state index contributed by atoms with van der Waals surface area (Å²) in [4.78, 5) is 22.3. The third-order valence-electron chi connectivity index (χ3n) is 4.58. The summed E-state index contributed by atoms with van der Waals surface area (Å²) in [6.07, 6.45) is 0.859. The van der Waals surface area contributed by atoms with Crippen LogP contribution in [0, 0.1) is 15.9 Å². The lowest BCUT2D eigenvalue weighted by Crippen LogP contribution is -2.46. The number of hydrogen-bond donors (Lipinski definition) is 1. The lowest BCUT2D eigenvalue weighted by Gasteiger charge is -2.31. The van der Waals surface area contributed by atoms with Crippen LogP contribution in [-0.4, -0.2) is 42.7 Å². The van der Waals surface area contributed by atoms with Gasteiger partial charge in [0.25, 0.3) is 11.6 Å². The van der Waals surface area contributed by atoms with Crippen LogP contribution in [0.25, 0.3) is 0 Å². The Morgan fingerprint density at radius 2 is 1.64 bits per heavy atom. The molecule has 3 rings (SSSR count). The fraction of sp³-hybridized carbons (Fsp3) is 0.278. The molecule has 0 saturated carbocycles. The van der Waals surface area contributed by atoms with Crippen LogP contribution in [0.2, 0.25) is 0 Å². The first-order valence-electron chi connectivity index (χ1n) is 8.58. The molecule has 0 unspecified atom stereocenters. The molecule has 1 fully saturated rings. The van der Waals surface area contributed by atoms with Crippen molar-refractivity contribution in [1.82, 2.24) is 9.62 Å². The fourth-order valence-corrected chi connectivity index (χ4v) is 4.47. The van der Waals surface area contributed by atoms with E-state index in [2.05, 4.69) is 5.32 Å². The van der Waals surface area contributed by atoms with E-state index >= 15 is 0 Å². The van der Waals surface area contributed by atoms with Gasteiger partial charge in [-0.25, -0.2) is 12.8 Å². The highest BCUT2D eigenvalue weighted by atomic mass is 32.2. The Bertz CT molecular complexity index is 969. The maximum atomic E-state index is 12.9. The van der Waals surface area contributed by atoms with Gasteiger partial charge in [0.2, 0.25) is 10.0 Å². The lowest BCUT2D eigenvalue weighted by atomic mass is 10.1. The number of carbonyl (C=O) groups is 1. The first-order valence-corrected chi connectivity index (χ1v) is 10.0. The van der Waals surface area contributed by atoms with Crippen molar-refractivity contribution in [3.05, 3.63) is 70.0 Å². The number of rotatable bonds is 5. The molecule has 1 saturated heterocycles. The van der Waals surface area contributed by atoms with E-state index in [1.165, 1.54) is 40.7 Å². The Morgan fingerprint density at radius 1 is 1.07 bits per heavy atom. The smallest absolute Gasteiger partial charge is 0.269 e. The van der Waals surface area contributed by atoms with Crippen molar-refractivity contribution in [2.24, 2.45) is 0 Å².